The molecule has 0 spiro atoms. The van der Waals surface area contributed by atoms with E-state index in [1.807, 2.05) is 0 Å². The molecule has 0 fully saturated rings. The smallest absolute Gasteiger partial charge is 0.128 e. The van der Waals surface area contributed by atoms with E-state index in [1.54, 1.807) is 0 Å². The number of allylic oxidation sites excluding steroid dienone is 4. The van der Waals surface area contributed by atoms with Gasteiger partial charge in [0, 0.05) is 23.1 Å². The molecule has 1 aliphatic carbocycles. The van der Waals surface area contributed by atoms with Gasteiger partial charge in [0.15, 0.2) is 0 Å². The van der Waals surface area contributed by atoms with Crippen molar-refractivity contribution in [1.82, 2.24) is 4.90 Å². The van der Waals surface area contributed by atoms with E-state index in [-0.39, 0.29) is 5.41 Å². The predicted octanol–water partition coefficient (Wildman–Crippen LogP) is 6.07. The number of hydrogen-bond donors (Lipinski definition) is 1. The highest BCUT2D eigenvalue weighted by atomic mass is 15.2. The van der Waals surface area contributed by atoms with E-state index in [0.717, 1.165) is 5.56 Å². The van der Waals surface area contributed by atoms with E-state index in [2.05, 4.69) is 91.5 Å². The normalized spacial score (nSPS) is 17.1. The molecule has 1 aliphatic rings. The first-order valence-corrected chi connectivity index (χ1v) is 9.38. The largest absolute Gasteiger partial charge is 0.352 e. The summed E-state index contributed by atoms with van der Waals surface area (Å²) in [6.45, 7) is 19.9. The molecule has 0 aliphatic heterocycles. The molecule has 136 valence electrons. The van der Waals surface area contributed by atoms with E-state index in [4.69, 9.17) is 5.41 Å². The summed E-state index contributed by atoms with van der Waals surface area (Å²) in [5, 5.41) is 8.97. The lowest BCUT2D eigenvalue weighted by Crippen LogP contribution is -2.43. The van der Waals surface area contributed by atoms with Crippen molar-refractivity contribution in [2.24, 2.45) is 0 Å². The molecule has 0 radical (unpaired) electrons. The van der Waals surface area contributed by atoms with Crippen molar-refractivity contribution in [3.63, 3.8) is 0 Å². The van der Waals surface area contributed by atoms with Crippen molar-refractivity contribution < 1.29 is 0 Å². The lowest BCUT2D eigenvalue weighted by Gasteiger charge is -2.37. The Labute approximate surface area is 154 Å². The molecular weight excluding hydrogens is 304 g/mol. The molecule has 25 heavy (non-hydrogen) atoms. The summed E-state index contributed by atoms with van der Waals surface area (Å²) < 4.78 is 0. The van der Waals surface area contributed by atoms with Crippen molar-refractivity contribution in [3.8, 4) is 0 Å². The lowest BCUT2D eigenvalue weighted by molar-refractivity contribution is 0.290. The number of amidine groups is 1. The summed E-state index contributed by atoms with van der Waals surface area (Å²) in [5.41, 5.74) is 7.77. The van der Waals surface area contributed by atoms with Gasteiger partial charge in [-0.1, -0.05) is 35.4 Å². The molecule has 1 aromatic carbocycles. The van der Waals surface area contributed by atoms with Gasteiger partial charge >= 0.3 is 0 Å². The van der Waals surface area contributed by atoms with Gasteiger partial charge in [-0.2, -0.15) is 0 Å². The molecular formula is C23H34N2. The maximum atomic E-state index is 8.97. The van der Waals surface area contributed by atoms with Crippen LogP contribution in [0.3, 0.4) is 0 Å². The van der Waals surface area contributed by atoms with Gasteiger partial charge in [0.25, 0.3) is 0 Å². The molecule has 0 bridgehead atoms. The Morgan fingerprint density at radius 2 is 1.32 bits per heavy atom. The highest BCUT2D eigenvalue weighted by molar-refractivity contribution is 5.99. The van der Waals surface area contributed by atoms with Gasteiger partial charge in [0.05, 0.1) is 0 Å². The van der Waals surface area contributed by atoms with Crippen LogP contribution in [0, 0.1) is 5.41 Å². The molecule has 0 heterocycles. The van der Waals surface area contributed by atoms with Crippen LogP contribution in [0.4, 0.5) is 0 Å². The van der Waals surface area contributed by atoms with E-state index >= 15 is 0 Å². The fraction of sp³-hybridized carbons (Fsp3) is 0.522. The third kappa shape index (κ3) is 2.96. The minimum atomic E-state index is -0.128. The molecule has 0 aromatic heterocycles. The summed E-state index contributed by atoms with van der Waals surface area (Å²) in [7, 11) is 0. The number of hydrogen-bond acceptors (Lipinski definition) is 1. The number of nitrogens with zero attached hydrogens (tertiary/aromatic N) is 1. The van der Waals surface area contributed by atoms with Crippen LogP contribution in [-0.4, -0.2) is 22.8 Å². The number of benzene rings is 1. The first-order valence-electron chi connectivity index (χ1n) is 9.38. The van der Waals surface area contributed by atoms with Crippen LogP contribution < -0.4 is 0 Å². The molecule has 1 N–H and O–H groups in total. The maximum Gasteiger partial charge on any atom is 0.128 e. The fourth-order valence-electron chi connectivity index (χ4n) is 4.38. The fourth-order valence-corrected chi connectivity index (χ4v) is 4.38. The monoisotopic (exact) mass is 338 g/mol. The molecule has 0 saturated heterocycles. The van der Waals surface area contributed by atoms with E-state index in [9.17, 15) is 0 Å². The van der Waals surface area contributed by atoms with Gasteiger partial charge in [-0.05, 0) is 79.0 Å². The number of rotatable bonds is 4. The molecule has 2 nitrogen and oxygen atoms in total. The van der Waals surface area contributed by atoms with E-state index in [1.165, 1.54) is 27.9 Å². The zero-order chi connectivity index (χ0) is 19.1. The first-order chi connectivity index (χ1) is 11.5. The summed E-state index contributed by atoms with van der Waals surface area (Å²) in [4.78, 5) is 2.20. The first kappa shape index (κ1) is 19.5. The van der Waals surface area contributed by atoms with E-state index in [0.29, 0.717) is 17.9 Å². The van der Waals surface area contributed by atoms with Crippen molar-refractivity contribution in [2.45, 2.75) is 79.8 Å². The molecule has 2 rings (SSSR count). The van der Waals surface area contributed by atoms with Gasteiger partial charge in [0.2, 0.25) is 0 Å². The summed E-state index contributed by atoms with van der Waals surface area (Å²) in [5.74, 6) is 0.629. The summed E-state index contributed by atoms with van der Waals surface area (Å²) >= 11 is 0. The van der Waals surface area contributed by atoms with Gasteiger partial charge < -0.3 is 4.90 Å². The van der Waals surface area contributed by atoms with Crippen molar-refractivity contribution in [2.75, 3.05) is 0 Å². The summed E-state index contributed by atoms with van der Waals surface area (Å²) in [6.07, 6.45) is 0. The van der Waals surface area contributed by atoms with E-state index < -0.39 is 0 Å². The molecule has 0 atom stereocenters. The Bertz CT molecular complexity index is 715. The number of nitrogens with one attached hydrogen (secondary N) is 1. The minimum Gasteiger partial charge on any atom is -0.352 e. The lowest BCUT2D eigenvalue weighted by atomic mass is 9.71. The second-order valence-electron chi connectivity index (χ2n) is 8.11. The predicted molar refractivity (Wildman–Crippen MR) is 109 cm³/mol. The van der Waals surface area contributed by atoms with Crippen molar-refractivity contribution in [3.05, 3.63) is 57.7 Å². The van der Waals surface area contributed by atoms with Crippen LogP contribution in [0.1, 0.15) is 73.4 Å². The van der Waals surface area contributed by atoms with Gasteiger partial charge in [-0.15, -0.1) is 0 Å². The Balaban J connectivity index is 2.67. The van der Waals surface area contributed by atoms with Crippen LogP contribution in [0.2, 0.25) is 0 Å². The van der Waals surface area contributed by atoms with Crippen LogP contribution in [0.5, 0.6) is 0 Å². The molecule has 0 unspecified atom stereocenters. The maximum absolute atomic E-state index is 8.97. The van der Waals surface area contributed by atoms with Crippen LogP contribution in [0.15, 0.2) is 46.6 Å². The zero-order valence-corrected chi connectivity index (χ0v) is 17.4. The zero-order valence-electron chi connectivity index (χ0n) is 17.4. The Morgan fingerprint density at radius 1 is 0.880 bits per heavy atom. The van der Waals surface area contributed by atoms with Crippen LogP contribution in [-0.2, 0) is 5.41 Å². The Morgan fingerprint density at radius 3 is 1.76 bits per heavy atom. The molecule has 2 heteroatoms. The third-order valence-electron chi connectivity index (χ3n) is 6.28. The van der Waals surface area contributed by atoms with Crippen LogP contribution >= 0.6 is 0 Å². The van der Waals surface area contributed by atoms with Crippen molar-refractivity contribution in [1.29, 1.82) is 5.41 Å². The molecule has 0 saturated carbocycles. The van der Waals surface area contributed by atoms with Crippen molar-refractivity contribution >= 4 is 5.84 Å². The highest BCUT2D eigenvalue weighted by Crippen LogP contribution is 2.49. The van der Waals surface area contributed by atoms with Gasteiger partial charge in [-0.25, -0.2) is 0 Å². The highest BCUT2D eigenvalue weighted by Gasteiger charge is 2.40. The second-order valence-corrected chi connectivity index (χ2v) is 8.11. The minimum absolute atomic E-state index is 0.128. The Kier molecular flexibility index (Phi) is 5.32. The Hall–Kier alpha value is -1.83. The average Bonchev–Trinajstić information content (AvgIpc) is 2.70. The molecule has 1 aromatic rings. The van der Waals surface area contributed by atoms with Gasteiger partial charge in [0.1, 0.15) is 5.84 Å². The quantitative estimate of drug-likeness (QED) is 0.523. The molecule has 0 amide bonds. The average molecular weight is 339 g/mol. The topological polar surface area (TPSA) is 27.1 Å². The third-order valence-corrected chi connectivity index (χ3v) is 6.28. The SMILES string of the molecule is CC1=C(C)C(C)(c2ccccc2C(=N)N(C(C)C)C(C)C)C(C)=C1C. The standard InChI is InChI=1S/C23H34N2/c1-14(2)25(15(3)4)22(24)20-12-10-11-13-21(20)23(9)18(7)16(5)17(6)19(23)8/h10-15,24H,1-9H3. The summed E-state index contributed by atoms with van der Waals surface area (Å²) in [6, 6.07) is 9.09. The second kappa shape index (κ2) is 6.82. The van der Waals surface area contributed by atoms with Gasteiger partial charge in [-0.3, -0.25) is 5.41 Å². The van der Waals surface area contributed by atoms with Crippen LogP contribution in [0.25, 0.3) is 0 Å².